The highest BCUT2D eigenvalue weighted by Gasteiger charge is 2.29. The van der Waals surface area contributed by atoms with Crippen molar-refractivity contribution in [3.05, 3.63) is 90.0 Å². The largest absolute Gasteiger partial charge is 0.489 e. The van der Waals surface area contributed by atoms with Gasteiger partial charge in [-0.2, -0.15) is 5.10 Å². The molecule has 0 amide bonds. The second-order valence-corrected chi connectivity index (χ2v) is 8.42. The van der Waals surface area contributed by atoms with Crippen molar-refractivity contribution in [3.63, 3.8) is 0 Å². The molecule has 0 bridgehead atoms. The Kier molecular flexibility index (Phi) is 6.55. The van der Waals surface area contributed by atoms with Crippen molar-refractivity contribution in [3.8, 4) is 34.0 Å². The lowest BCUT2D eigenvalue weighted by atomic mass is 10.1. The topological polar surface area (TPSA) is 122 Å². The summed E-state index contributed by atoms with van der Waals surface area (Å²) in [4.78, 5) is 22.2. The molecule has 1 aromatic heterocycles. The van der Waals surface area contributed by atoms with Crippen molar-refractivity contribution < 1.29 is 29.3 Å². The van der Waals surface area contributed by atoms with Crippen LogP contribution in [0.15, 0.2) is 78.9 Å². The number of nitrogens with one attached hydrogen (secondary N) is 1. The number of carboxylic acid groups (broad SMARTS) is 2. The summed E-state index contributed by atoms with van der Waals surface area (Å²) in [6, 6.07) is 23.1. The Labute approximate surface area is 201 Å². The van der Waals surface area contributed by atoms with E-state index in [9.17, 15) is 14.7 Å². The molecule has 3 aromatic carbocycles. The molecular weight excluding hydrogens is 448 g/mol. The van der Waals surface area contributed by atoms with Gasteiger partial charge < -0.3 is 19.7 Å². The minimum atomic E-state index is -1.32. The van der Waals surface area contributed by atoms with Crippen LogP contribution in [-0.2, 0) is 11.4 Å². The first-order chi connectivity index (χ1) is 16.7. The van der Waals surface area contributed by atoms with Crippen molar-refractivity contribution in [1.29, 1.82) is 0 Å². The van der Waals surface area contributed by atoms with E-state index < -0.39 is 17.5 Å². The summed E-state index contributed by atoms with van der Waals surface area (Å²) < 4.78 is 11.3. The summed E-state index contributed by atoms with van der Waals surface area (Å²) in [5, 5.41) is 25.6. The molecule has 0 aliphatic heterocycles. The van der Waals surface area contributed by atoms with Gasteiger partial charge in [0.2, 0.25) is 0 Å². The molecule has 35 heavy (non-hydrogen) atoms. The maximum Gasteiger partial charge on any atom is 0.347 e. The maximum atomic E-state index is 11.2. The molecule has 3 N–H and O–H groups in total. The van der Waals surface area contributed by atoms with Gasteiger partial charge in [-0.15, -0.1) is 0 Å². The van der Waals surface area contributed by atoms with Gasteiger partial charge in [0.05, 0.1) is 17.0 Å². The molecule has 4 aromatic rings. The second kappa shape index (κ2) is 9.72. The van der Waals surface area contributed by atoms with Crippen LogP contribution in [0.25, 0.3) is 22.5 Å². The predicted octanol–water partition coefficient (Wildman–Crippen LogP) is 5.26. The van der Waals surface area contributed by atoms with E-state index in [1.807, 2.05) is 42.5 Å². The van der Waals surface area contributed by atoms with Gasteiger partial charge in [-0.25, -0.2) is 9.59 Å². The highest BCUT2D eigenvalue weighted by atomic mass is 16.5. The standard InChI is InChI=1S/C27H24N2O6/c1-27(2,26(32)33)35-22-13-9-19(10-14-22)24-15-23(28-29-24)18-7-11-21(12-8-18)34-16-17-3-5-20(6-4-17)25(30)31/h3-15H,16H2,1-2H3,(H,28,29)(H,30,31)(H,32,33). The summed E-state index contributed by atoms with van der Waals surface area (Å²) >= 11 is 0. The third-order valence-electron chi connectivity index (χ3n) is 5.39. The Balaban J connectivity index is 1.38. The Morgan fingerprint density at radius 3 is 2.06 bits per heavy atom. The molecule has 1 heterocycles. The van der Waals surface area contributed by atoms with Crippen LogP contribution in [-0.4, -0.2) is 38.0 Å². The van der Waals surface area contributed by atoms with E-state index in [1.165, 1.54) is 13.8 Å². The smallest absolute Gasteiger partial charge is 0.347 e. The van der Waals surface area contributed by atoms with Gasteiger partial charge in [-0.1, -0.05) is 12.1 Å². The molecule has 0 saturated heterocycles. The number of aromatic nitrogens is 2. The number of carboxylic acids is 2. The lowest BCUT2D eigenvalue weighted by molar-refractivity contribution is -0.152. The van der Waals surface area contributed by atoms with E-state index in [4.69, 9.17) is 14.6 Å². The van der Waals surface area contributed by atoms with Crippen LogP contribution in [0.4, 0.5) is 0 Å². The number of rotatable bonds is 9. The quantitative estimate of drug-likeness (QED) is 0.304. The Morgan fingerprint density at radius 1 is 0.857 bits per heavy atom. The molecule has 0 fully saturated rings. The van der Waals surface area contributed by atoms with Crippen molar-refractivity contribution >= 4 is 11.9 Å². The molecule has 178 valence electrons. The molecule has 0 saturated carbocycles. The third-order valence-corrected chi connectivity index (χ3v) is 5.39. The van der Waals surface area contributed by atoms with Gasteiger partial charge in [0.15, 0.2) is 5.60 Å². The molecule has 0 unspecified atom stereocenters. The van der Waals surface area contributed by atoms with Crippen molar-refractivity contribution in [2.24, 2.45) is 0 Å². The molecule has 0 radical (unpaired) electrons. The summed E-state index contributed by atoms with van der Waals surface area (Å²) in [7, 11) is 0. The Hall–Kier alpha value is -4.59. The molecule has 4 rings (SSSR count). The number of H-pyrrole nitrogens is 1. The fourth-order valence-corrected chi connectivity index (χ4v) is 3.29. The van der Waals surface area contributed by atoms with Gasteiger partial charge in [0, 0.05) is 5.56 Å². The van der Waals surface area contributed by atoms with Crippen molar-refractivity contribution in [1.82, 2.24) is 10.2 Å². The van der Waals surface area contributed by atoms with Gasteiger partial charge in [-0.3, -0.25) is 5.10 Å². The highest BCUT2D eigenvalue weighted by molar-refractivity contribution is 5.87. The third kappa shape index (κ3) is 5.67. The first-order valence-corrected chi connectivity index (χ1v) is 10.8. The summed E-state index contributed by atoms with van der Waals surface area (Å²) in [6.45, 7) is 3.33. The molecule has 0 spiro atoms. The first-order valence-electron chi connectivity index (χ1n) is 10.8. The average molecular weight is 472 g/mol. The van der Waals surface area contributed by atoms with Crippen LogP contribution < -0.4 is 9.47 Å². The van der Waals surface area contributed by atoms with Crippen LogP contribution in [0.1, 0.15) is 29.8 Å². The zero-order valence-electron chi connectivity index (χ0n) is 19.2. The SMILES string of the molecule is CC(C)(Oc1ccc(-c2cc(-c3ccc(OCc4ccc(C(=O)O)cc4)cc3)n[nH]2)cc1)C(=O)O. The number of aromatic carboxylic acids is 1. The number of hydrogen-bond donors (Lipinski definition) is 3. The Bertz CT molecular complexity index is 1320. The van der Waals surface area contributed by atoms with Gasteiger partial charge >= 0.3 is 11.9 Å². The molecule has 8 nitrogen and oxygen atoms in total. The molecule has 0 aliphatic rings. The van der Waals surface area contributed by atoms with E-state index in [-0.39, 0.29) is 5.56 Å². The maximum absolute atomic E-state index is 11.2. The van der Waals surface area contributed by atoms with E-state index in [1.54, 1.807) is 36.4 Å². The minimum Gasteiger partial charge on any atom is -0.489 e. The van der Waals surface area contributed by atoms with E-state index in [0.717, 1.165) is 28.1 Å². The Morgan fingerprint density at radius 2 is 1.46 bits per heavy atom. The number of nitrogens with zero attached hydrogens (tertiary/aromatic N) is 1. The second-order valence-electron chi connectivity index (χ2n) is 8.42. The molecule has 0 atom stereocenters. The van der Waals surface area contributed by atoms with Gasteiger partial charge in [-0.05, 0) is 91.7 Å². The van der Waals surface area contributed by atoms with E-state index in [2.05, 4.69) is 10.2 Å². The zero-order chi connectivity index (χ0) is 25.0. The number of carbonyl (C=O) groups is 2. The van der Waals surface area contributed by atoms with Crippen molar-refractivity contribution in [2.45, 2.75) is 26.1 Å². The fourth-order valence-electron chi connectivity index (χ4n) is 3.29. The van der Waals surface area contributed by atoms with Crippen LogP contribution in [0.2, 0.25) is 0 Å². The van der Waals surface area contributed by atoms with Crippen molar-refractivity contribution in [2.75, 3.05) is 0 Å². The zero-order valence-corrected chi connectivity index (χ0v) is 19.2. The summed E-state index contributed by atoms with van der Waals surface area (Å²) in [6.07, 6.45) is 0. The van der Waals surface area contributed by atoms with E-state index in [0.29, 0.717) is 18.1 Å². The minimum absolute atomic E-state index is 0.239. The monoisotopic (exact) mass is 472 g/mol. The summed E-state index contributed by atoms with van der Waals surface area (Å²) in [5.74, 6) is -0.841. The lowest BCUT2D eigenvalue weighted by Gasteiger charge is -2.21. The average Bonchev–Trinajstić information content (AvgIpc) is 3.34. The number of ether oxygens (including phenoxy) is 2. The van der Waals surface area contributed by atoms with Crippen LogP contribution >= 0.6 is 0 Å². The molecule has 0 aliphatic carbocycles. The molecular formula is C27H24N2O6. The number of benzene rings is 3. The number of hydrogen-bond acceptors (Lipinski definition) is 5. The van der Waals surface area contributed by atoms with Crippen LogP contribution in [0.5, 0.6) is 11.5 Å². The first kappa shape index (κ1) is 23.6. The van der Waals surface area contributed by atoms with Gasteiger partial charge in [0.25, 0.3) is 0 Å². The normalized spacial score (nSPS) is 11.1. The highest BCUT2D eigenvalue weighted by Crippen LogP contribution is 2.28. The summed E-state index contributed by atoms with van der Waals surface area (Å²) in [5.41, 5.74) is 3.18. The predicted molar refractivity (Wildman–Crippen MR) is 130 cm³/mol. The fraction of sp³-hybridized carbons (Fsp3) is 0.148. The number of aromatic amines is 1. The number of aliphatic carboxylic acids is 1. The van der Waals surface area contributed by atoms with E-state index >= 15 is 0 Å². The van der Waals surface area contributed by atoms with Crippen LogP contribution in [0, 0.1) is 0 Å². The van der Waals surface area contributed by atoms with Gasteiger partial charge in [0.1, 0.15) is 18.1 Å². The van der Waals surface area contributed by atoms with Crippen LogP contribution in [0.3, 0.4) is 0 Å². The molecule has 8 heteroatoms. The lowest BCUT2D eigenvalue weighted by Crippen LogP contribution is -2.37.